The summed E-state index contributed by atoms with van der Waals surface area (Å²) in [5.41, 5.74) is 0.494. The predicted molar refractivity (Wildman–Crippen MR) is 84.9 cm³/mol. The summed E-state index contributed by atoms with van der Waals surface area (Å²) in [7, 11) is 0. The van der Waals surface area contributed by atoms with Crippen LogP contribution in [0.1, 0.15) is 66.5 Å². The Kier molecular flexibility index (Phi) is 5.81. The molecule has 1 aromatic heterocycles. The first-order valence-corrected chi connectivity index (χ1v) is 7.76. The van der Waals surface area contributed by atoms with E-state index in [-0.39, 0.29) is 5.54 Å². The number of aryl methyl sites for hydroxylation is 1. The van der Waals surface area contributed by atoms with Gasteiger partial charge in [0.1, 0.15) is 5.76 Å². The highest BCUT2D eigenvalue weighted by Crippen LogP contribution is 2.28. The summed E-state index contributed by atoms with van der Waals surface area (Å²) in [4.78, 5) is 4.39. The topological polar surface area (TPSA) is 38.1 Å². The first kappa shape index (κ1) is 17.2. The van der Waals surface area contributed by atoms with Crippen LogP contribution in [0.25, 0.3) is 0 Å². The molecule has 3 nitrogen and oxygen atoms in total. The zero-order chi connectivity index (χ0) is 15.4. The summed E-state index contributed by atoms with van der Waals surface area (Å²) in [5, 5.41) is 3.48. The van der Waals surface area contributed by atoms with E-state index in [1.54, 1.807) is 0 Å². The Hall–Kier alpha value is -0.830. The molecule has 20 heavy (non-hydrogen) atoms. The fourth-order valence-electron chi connectivity index (χ4n) is 1.87. The van der Waals surface area contributed by atoms with E-state index in [1.165, 1.54) is 0 Å². The molecule has 1 N–H and O–H groups in total. The zero-order valence-corrected chi connectivity index (χ0v) is 14.3. The predicted octanol–water partition coefficient (Wildman–Crippen LogP) is 4.22. The second-order valence-corrected chi connectivity index (χ2v) is 7.97. The highest BCUT2D eigenvalue weighted by Gasteiger charge is 2.21. The summed E-state index contributed by atoms with van der Waals surface area (Å²) < 4.78 is 5.84. The average Bonchev–Trinajstić information content (AvgIpc) is 2.69. The Morgan fingerprint density at radius 3 is 2.40 bits per heavy atom. The molecule has 0 saturated carbocycles. The monoisotopic (exact) mass is 280 g/mol. The molecule has 0 spiro atoms. The molecule has 0 bridgehead atoms. The van der Waals surface area contributed by atoms with Crippen LogP contribution in [0.4, 0.5) is 0 Å². The van der Waals surface area contributed by atoms with Crippen LogP contribution in [-0.4, -0.2) is 17.1 Å². The van der Waals surface area contributed by atoms with Gasteiger partial charge in [0.05, 0.1) is 6.20 Å². The first-order valence-electron chi connectivity index (χ1n) is 7.76. The molecular formula is C17H32N2O. The van der Waals surface area contributed by atoms with E-state index in [2.05, 4.69) is 58.8 Å². The number of nitrogens with one attached hydrogen (secondary N) is 1. The maximum atomic E-state index is 5.84. The zero-order valence-electron chi connectivity index (χ0n) is 14.3. The lowest BCUT2D eigenvalue weighted by Crippen LogP contribution is -2.36. The minimum Gasteiger partial charge on any atom is -0.446 e. The van der Waals surface area contributed by atoms with Gasteiger partial charge in [-0.15, -0.1) is 0 Å². The molecule has 3 heteroatoms. The first-order chi connectivity index (χ1) is 9.08. The van der Waals surface area contributed by atoms with Crippen molar-refractivity contribution in [3.8, 4) is 0 Å². The Balaban J connectivity index is 2.37. The molecule has 0 radical (unpaired) electrons. The molecular weight excluding hydrogens is 248 g/mol. The lowest BCUT2D eigenvalue weighted by Gasteiger charge is -2.26. The van der Waals surface area contributed by atoms with E-state index in [0.29, 0.717) is 11.3 Å². The van der Waals surface area contributed by atoms with Crippen molar-refractivity contribution in [3.05, 3.63) is 17.8 Å². The number of hydrogen-bond donors (Lipinski definition) is 1. The van der Waals surface area contributed by atoms with Crippen molar-refractivity contribution in [1.29, 1.82) is 0 Å². The minimum absolute atomic E-state index is 0.184. The van der Waals surface area contributed by atoms with E-state index in [9.17, 15) is 0 Å². The van der Waals surface area contributed by atoms with E-state index in [1.807, 2.05) is 6.20 Å². The maximum absolute atomic E-state index is 5.84. The lowest BCUT2D eigenvalue weighted by molar-refractivity contribution is 0.246. The van der Waals surface area contributed by atoms with Crippen molar-refractivity contribution in [2.45, 2.75) is 73.3 Å². The molecule has 0 aliphatic rings. The largest absolute Gasteiger partial charge is 0.446 e. The SMILES string of the molecule is CC(Cc1cnc(CCCNC(C)(C)C)o1)C(C)(C)C. The second kappa shape index (κ2) is 6.75. The maximum Gasteiger partial charge on any atom is 0.194 e. The number of aromatic nitrogens is 1. The van der Waals surface area contributed by atoms with Gasteiger partial charge in [0.2, 0.25) is 0 Å². The van der Waals surface area contributed by atoms with Gasteiger partial charge in [-0.2, -0.15) is 0 Å². The highest BCUT2D eigenvalue weighted by molar-refractivity contribution is 4.97. The van der Waals surface area contributed by atoms with Crippen LogP contribution < -0.4 is 5.32 Å². The molecule has 1 unspecified atom stereocenters. The van der Waals surface area contributed by atoms with Crippen LogP contribution in [0.3, 0.4) is 0 Å². The Morgan fingerprint density at radius 2 is 1.85 bits per heavy atom. The number of nitrogens with zero attached hydrogens (tertiary/aromatic N) is 1. The van der Waals surface area contributed by atoms with Gasteiger partial charge in [0, 0.05) is 18.4 Å². The van der Waals surface area contributed by atoms with Gasteiger partial charge >= 0.3 is 0 Å². The second-order valence-electron chi connectivity index (χ2n) is 7.97. The third kappa shape index (κ3) is 6.56. The van der Waals surface area contributed by atoms with E-state index >= 15 is 0 Å². The molecule has 1 aromatic rings. The van der Waals surface area contributed by atoms with Crippen molar-refractivity contribution >= 4 is 0 Å². The van der Waals surface area contributed by atoms with Crippen LogP contribution in [0.2, 0.25) is 0 Å². The van der Waals surface area contributed by atoms with Crippen molar-refractivity contribution in [1.82, 2.24) is 10.3 Å². The summed E-state index contributed by atoms with van der Waals surface area (Å²) in [6.45, 7) is 16.6. The number of hydrogen-bond acceptors (Lipinski definition) is 3. The molecule has 0 aliphatic heterocycles. The van der Waals surface area contributed by atoms with Crippen LogP contribution in [0, 0.1) is 11.3 Å². The van der Waals surface area contributed by atoms with Gasteiger partial charge in [0.15, 0.2) is 5.89 Å². The van der Waals surface area contributed by atoms with Crippen molar-refractivity contribution < 1.29 is 4.42 Å². The number of rotatable bonds is 6. The number of oxazole rings is 1. The molecule has 0 saturated heterocycles. The highest BCUT2D eigenvalue weighted by atomic mass is 16.4. The van der Waals surface area contributed by atoms with Crippen molar-refractivity contribution in [2.75, 3.05) is 6.54 Å². The van der Waals surface area contributed by atoms with E-state index in [4.69, 9.17) is 4.42 Å². The lowest BCUT2D eigenvalue weighted by atomic mass is 9.80. The molecule has 116 valence electrons. The normalized spacial score (nSPS) is 14.6. The molecule has 1 rings (SSSR count). The average molecular weight is 280 g/mol. The van der Waals surface area contributed by atoms with Gasteiger partial charge in [0.25, 0.3) is 0 Å². The fourth-order valence-corrected chi connectivity index (χ4v) is 1.87. The Morgan fingerprint density at radius 1 is 1.20 bits per heavy atom. The van der Waals surface area contributed by atoms with Crippen LogP contribution >= 0.6 is 0 Å². The summed E-state index contributed by atoms with van der Waals surface area (Å²) in [6.07, 6.45) is 4.84. The Labute approximate surface area is 124 Å². The molecule has 1 atom stereocenters. The van der Waals surface area contributed by atoms with Crippen molar-refractivity contribution in [2.24, 2.45) is 11.3 Å². The summed E-state index contributed by atoms with van der Waals surface area (Å²) >= 11 is 0. The van der Waals surface area contributed by atoms with Gasteiger partial charge in [-0.3, -0.25) is 0 Å². The smallest absolute Gasteiger partial charge is 0.194 e. The van der Waals surface area contributed by atoms with Crippen molar-refractivity contribution in [3.63, 3.8) is 0 Å². The van der Waals surface area contributed by atoms with Crippen LogP contribution in [-0.2, 0) is 12.8 Å². The van der Waals surface area contributed by atoms with E-state index < -0.39 is 0 Å². The molecule has 0 fully saturated rings. The van der Waals surface area contributed by atoms with Gasteiger partial charge in [-0.05, 0) is 45.1 Å². The molecule has 0 aromatic carbocycles. The Bertz CT molecular complexity index is 396. The molecule has 0 amide bonds. The summed E-state index contributed by atoms with van der Waals surface area (Å²) in [5.74, 6) is 2.48. The minimum atomic E-state index is 0.184. The fraction of sp³-hybridized carbons (Fsp3) is 0.824. The van der Waals surface area contributed by atoms with Crippen LogP contribution in [0.5, 0.6) is 0 Å². The van der Waals surface area contributed by atoms with Gasteiger partial charge < -0.3 is 9.73 Å². The summed E-state index contributed by atoms with van der Waals surface area (Å²) in [6, 6.07) is 0. The molecule has 1 heterocycles. The van der Waals surface area contributed by atoms with Crippen LogP contribution in [0.15, 0.2) is 10.6 Å². The third-order valence-electron chi connectivity index (χ3n) is 3.81. The van der Waals surface area contributed by atoms with Gasteiger partial charge in [-0.1, -0.05) is 27.7 Å². The van der Waals surface area contributed by atoms with E-state index in [0.717, 1.165) is 37.5 Å². The molecule has 0 aliphatic carbocycles. The quantitative estimate of drug-likeness (QED) is 0.793. The standard InChI is InChI=1S/C17H32N2O/c1-13(16(2,3)4)11-14-12-18-15(20-14)9-8-10-19-17(5,6)7/h12-13,19H,8-11H2,1-7H3. The third-order valence-corrected chi connectivity index (χ3v) is 3.81. The van der Waals surface area contributed by atoms with Gasteiger partial charge in [-0.25, -0.2) is 4.98 Å².